The molecule has 3 nitrogen and oxygen atoms in total. The van der Waals surface area contributed by atoms with E-state index in [0.29, 0.717) is 12.2 Å². The van der Waals surface area contributed by atoms with Gasteiger partial charge in [0.1, 0.15) is 5.75 Å². The van der Waals surface area contributed by atoms with Crippen LogP contribution in [0.2, 0.25) is 0 Å². The Labute approximate surface area is 187 Å². The van der Waals surface area contributed by atoms with Crippen LogP contribution in [0.4, 0.5) is 0 Å². The third-order valence-electron chi connectivity index (χ3n) is 4.96. The Bertz CT molecular complexity index is 553. The average Bonchev–Trinajstić information content (AvgIpc) is 2.65. The van der Waals surface area contributed by atoms with Crippen molar-refractivity contribution in [3.63, 3.8) is 0 Å². The van der Waals surface area contributed by atoms with Crippen molar-refractivity contribution in [3.8, 4) is 5.75 Å². The zero-order valence-corrected chi connectivity index (χ0v) is 19.1. The van der Waals surface area contributed by atoms with Gasteiger partial charge in [-0.1, -0.05) is 115 Å². The standard InChI is InChI=1S/C23H40O3S.Li.H/c1-2-3-4-5-6-7-8-9-10-11-12-13-14-15-19-22-27(24,25)26-23-20-17-16-18-21-23;;/h16-18,20-21H,2-15,19,22H2,1H3;;/q;+1;-1. The van der Waals surface area contributed by atoms with Gasteiger partial charge in [0.25, 0.3) is 0 Å². The molecule has 0 amide bonds. The van der Waals surface area contributed by atoms with E-state index in [1.807, 2.05) is 6.07 Å². The molecule has 0 bridgehead atoms. The molecule has 0 saturated heterocycles. The van der Waals surface area contributed by atoms with E-state index in [2.05, 4.69) is 6.92 Å². The summed E-state index contributed by atoms with van der Waals surface area (Å²) in [6, 6.07) is 8.74. The van der Waals surface area contributed by atoms with Crippen LogP contribution in [-0.4, -0.2) is 14.2 Å². The van der Waals surface area contributed by atoms with Gasteiger partial charge in [-0.25, -0.2) is 0 Å². The summed E-state index contributed by atoms with van der Waals surface area (Å²) in [4.78, 5) is 0. The fourth-order valence-electron chi connectivity index (χ4n) is 3.31. The first kappa shape index (κ1) is 27.6. The summed E-state index contributed by atoms with van der Waals surface area (Å²) in [7, 11) is -3.45. The van der Waals surface area contributed by atoms with Crippen molar-refractivity contribution in [2.45, 2.75) is 103 Å². The van der Waals surface area contributed by atoms with Crippen molar-refractivity contribution >= 4 is 10.1 Å². The monoisotopic (exact) mass is 404 g/mol. The molecule has 0 heterocycles. The van der Waals surface area contributed by atoms with Gasteiger partial charge in [-0.15, -0.1) is 0 Å². The van der Waals surface area contributed by atoms with E-state index in [9.17, 15) is 8.42 Å². The first-order valence-electron chi connectivity index (χ1n) is 11.1. The minimum atomic E-state index is -3.45. The molecule has 1 aromatic carbocycles. The summed E-state index contributed by atoms with van der Waals surface area (Å²) < 4.78 is 28.9. The molecule has 0 N–H and O–H groups in total. The second-order valence-electron chi connectivity index (χ2n) is 7.61. The van der Waals surface area contributed by atoms with Crippen molar-refractivity contribution in [2.24, 2.45) is 0 Å². The Morgan fingerprint density at radius 1 is 0.679 bits per heavy atom. The third kappa shape index (κ3) is 16.5. The zero-order chi connectivity index (χ0) is 19.6. The predicted octanol–water partition coefficient (Wildman–Crippen LogP) is 4.38. The molecule has 1 aromatic rings. The summed E-state index contributed by atoms with van der Waals surface area (Å²) in [6.45, 7) is 2.27. The summed E-state index contributed by atoms with van der Waals surface area (Å²) in [5.74, 6) is 0.513. The Hall–Kier alpha value is -0.433. The second-order valence-corrected chi connectivity index (χ2v) is 9.30. The Kier molecular flexibility index (Phi) is 18.3. The molecule has 0 spiro atoms. The van der Waals surface area contributed by atoms with E-state index >= 15 is 0 Å². The van der Waals surface area contributed by atoms with Gasteiger partial charge in [0.2, 0.25) is 0 Å². The van der Waals surface area contributed by atoms with Gasteiger partial charge in [0.05, 0.1) is 5.75 Å². The van der Waals surface area contributed by atoms with E-state index in [0.717, 1.165) is 12.8 Å². The molecule has 0 atom stereocenters. The van der Waals surface area contributed by atoms with Crippen LogP contribution < -0.4 is 23.0 Å². The molecule has 158 valence electrons. The van der Waals surface area contributed by atoms with Crippen LogP contribution >= 0.6 is 0 Å². The normalized spacial score (nSPS) is 11.2. The Morgan fingerprint density at radius 3 is 1.50 bits per heavy atom. The molecule has 0 radical (unpaired) electrons. The van der Waals surface area contributed by atoms with Crippen LogP contribution in [0.5, 0.6) is 5.75 Å². The van der Waals surface area contributed by atoms with Crippen LogP contribution in [0, 0.1) is 0 Å². The van der Waals surface area contributed by atoms with Crippen molar-refractivity contribution in [1.29, 1.82) is 0 Å². The van der Waals surface area contributed by atoms with E-state index in [-0.39, 0.29) is 26.0 Å². The van der Waals surface area contributed by atoms with Gasteiger partial charge >= 0.3 is 29.0 Å². The third-order valence-corrected chi connectivity index (χ3v) is 6.20. The van der Waals surface area contributed by atoms with E-state index in [1.54, 1.807) is 24.3 Å². The molecular formula is C23H41LiO3S. The molecular weight excluding hydrogens is 363 g/mol. The topological polar surface area (TPSA) is 43.4 Å². The smallest absolute Gasteiger partial charge is 1.00 e. The van der Waals surface area contributed by atoms with Crippen LogP contribution in [0.1, 0.15) is 105 Å². The van der Waals surface area contributed by atoms with Gasteiger partial charge < -0.3 is 5.61 Å². The summed E-state index contributed by atoms with van der Waals surface area (Å²) in [6.07, 6.45) is 19.1. The number of rotatable bonds is 18. The SMILES string of the molecule is CCCCCCCCCCCCCCCCCS(=O)(=O)Oc1ccccc1.[H-].[Li+]. The van der Waals surface area contributed by atoms with E-state index < -0.39 is 10.1 Å². The quantitative estimate of drug-likeness (QED) is 0.207. The van der Waals surface area contributed by atoms with Crippen LogP contribution in [-0.2, 0) is 10.1 Å². The van der Waals surface area contributed by atoms with E-state index in [4.69, 9.17) is 4.18 Å². The maximum Gasteiger partial charge on any atom is 1.00 e. The Balaban J connectivity index is 0. The number of hydrogen-bond acceptors (Lipinski definition) is 3. The summed E-state index contributed by atoms with van der Waals surface area (Å²) in [5, 5.41) is 0. The van der Waals surface area contributed by atoms with Gasteiger partial charge in [-0.3, -0.25) is 0 Å². The first-order chi connectivity index (χ1) is 13.1. The van der Waals surface area contributed by atoms with Gasteiger partial charge in [-0.2, -0.15) is 8.42 Å². The van der Waals surface area contributed by atoms with Crippen LogP contribution in [0.15, 0.2) is 30.3 Å². The molecule has 0 saturated carbocycles. The Morgan fingerprint density at radius 2 is 1.07 bits per heavy atom. The predicted molar refractivity (Wildman–Crippen MR) is 117 cm³/mol. The molecule has 0 fully saturated rings. The van der Waals surface area contributed by atoms with E-state index in [1.165, 1.54) is 77.0 Å². The fourth-order valence-corrected chi connectivity index (χ4v) is 4.36. The van der Waals surface area contributed by atoms with Crippen molar-refractivity contribution < 1.29 is 32.9 Å². The van der Waals surface area contributed by atoms with Gasteiger partial charge in [0.15, 0.2) is 0 Å². The maximum atomic E-state index is 11.9. The van der Waals surface area contributed by atoms with Crippen molar-refractivity contribution in [3.05, 3.63) is 30.3 Å². The van der Waals surface area contributed by atoms with Gasteiger partial charge in [-0.05, 0) is 18.6 Å². The average molecular weight is 405 g/mol. The second kappa shape index (κ2) is 18.6. The first-order valence-corrected chi connectivity index (χ1v) is 12.7. The molecule has 0 aromatic heterocycles. The number of benzene rings is 1. The molecule has 28 heavy (non-hydrogen) atoms. The van der Waals surface area contributed by atoms with Crippen molar-refractivity contribution in [2.75, 3.05) is 5.75 Å². The molecule has 5 heteroatoms. The zero-order valence-electron chi connectivity index (χ0n) is 19.3. The minimum absolute atomic E-state index is 0. The number of unbranched alkanes of at least 4 members (excludes halogenated alkanes) is 14. The minimum Gasteiger partial charge on any atom is -1.00 e. The maximum absolute atomic E-state index is 11.9. The number of hydrogen-bond donors (Lipinski definition) is 0. The molecule has 0 unspecified atom stereocenters. The molecule has 0 aliphatic heterocycles. The molecule has 0 aliphatic carbocycles. The fraction of sp³-hybridized carbons (Fsp3) is 0.739. The van der Waals surface area contributed by atoms with Crippen molar-refractivity contribution in [1.82, 2.24) is 0 Å². The van der Waals surface area contributed by atoms with Crippen LogP contribution in [0.25, 0.3) is 0 Å². The summed E-state index contributed by atoms with van der Waals surface area (Å²) >= 11 is 0. The van der Waals surface area contributed by atoms with Gasteiger partial charge in [0, 0.05) is 0 Å². The largest absolute Gasteiger partial charge is 1.00 e. The molecule has 0 aliphatic rings. The molecule has 1 rings (SSSR count). The van der Waals surface area contributed by atoms with Crippen LogP contribution in [0.3, 0.4) is 0 Å². The summed E-state index contributed by atoms with van der Waals surface area (Å²) in [5.41, 5.74) is 0. The number of para-hydroxylation sites is 1.